The molecule has 2 aliphatic rings. The quantitative estimate of drug-likeness (QED) is 0.686. The molecule has 0 bridgehead atoms. The SMILES string of the molecule is CN1C(C)(C)CC(Oc2nc3c(s2)-c2ccc(Cl)cc2CO3)CC1(C)C. The van der Waals surface area contributed by atoms with Crippen molar-refractivity contribution in [2.45, 2.75) is 64.3 Å². The van der Waals surface area contributed by atoms with Gasteiger partial charge in [0.15, 0.2) is 0 Å². The van der Waals surface area contributed by atoms with Gasteiger partial charge in [-0.3, -0.25) is 4.90 Å². The molecule has 0 saturated carbocycles. The summed E-state index contributed by atoms with van der Waals surface area (Å²) in [5.41, 5.74) is 2.42. The van der Waals surface area contributed by atoms with Crippen LogP contribution < -0.4 is 9.47 Å². The number of aromatic nitrogens is 1. The summed E-state index contributed by atoms with van der Waals surface area (Å²) in [6.45, 7) is 9.61. The lowest BCUT2D eigenvalue weighted by atomic mass is 9.79. The Morgan fingerprint density at radius 3 is 2.62 bits per heavy atom. The van der Waals surface area contributed by atoms with Crippen LogP contribution in [0.4, 0.5) is 0 Å². The molecule has 140 valence electrons. The van der Waals surface area contributed by atoms with E-state index in [-0.39, 0.29) is 17.2 Å². The highest BCUT2D eigenvalue weighted by Crippen LogP contribution is 2.46. The molecular formula is C20H25ClN2O2S. The van der Waals surface area contributed by atoms with Gasteiger partial charge in [-0.15, -0.1) is 0 Å². The minimum atomic E-state index is 0.0865. The molecule has 2 aromatic rings. The number of benzene rings is 1. The number of nitrogens with zero attached hydrogens (tertiary/aromatic N) is 2. The van der Waals surface area contributed by atoms with Crippen molar-refractivity contribution in [2.75, 3.05) is 7.05 Å². The third-order valence-corrected chi connectivity index (χ3v) is 6.99. The van der Waals surface area contributed by atoms with Gasteiger partial charge in [-0.2, -0.15) is 4.98 Å². The van der Waals surface area contributed by atoms with Crippen LogP contribution in [0.1, 0.15) is 46.1 Å². The number of fused-ring (bicyclic) bond motifs is 3. The van der Waals surface area contributed by atoms with Crippen LogP contribution in [0, 0.1) is 0 Å². The van der Waals surface area contributed by atoms with Crippen LogP contribution in [-0.2, 0) is 6.61 Å². The highest BCUT2D eigenvalue weighted by Gasteiger charge is 2.44. The van der Waals surface area contributed by atoms with E-state index in [0.717, 1.165) is 33.9 Å². The molecule has 1 aromatic heterocycles. The van der Waals surface area contributed by atoms with E-state index in [2.05, 4.69) is 44.6 Å². The molecule has 0 N–H and O–H groups in total. The third-order valence-electron chi connectivity index (χ3n) is 5.79. The lowest BCUT2D eigenvalue weighted by Crippen LogP contribution is -2.60. The van der Waals surface area contributed by atoms with Gasteiger partial charge < -0.3 is 9.47 Å². The molecule has 0 radical (unpaired) electrons. The Bertz CT molecular complexity index is 828. The standard InChI is InChI=1S/C20H25ClN2O2S/c1-19(2)9-14(10-20(3,4)23(19)5)25-18-22-17-16(26-18)15-7-6-13(21)8-12(15)11-24-17/h6-8,14H,9-11H2,1-5H3. The molecule has 4 nitrogen and oxygen atoms in total. The minimum absolute atomic E-state index is 0.0865. The predicted octanol–water partition coefficient (Wildman–Crippen LogP) is 5.39. The molecular weight excluding hydrogens is 368 g/mol. The van der Waals surface area contributed by atoms with Crippen LogP contribution in [0.3, 0.4) is 0 Å². The number of hydrogen-bond acceptors (Lipinski definition) is 5. The molecule has 0 aliphatic carbocycles. The fourth-order valence-corrected chi connectivity index (χ4v) is 5.34. The second-order valence-corrected chi connectivity index (χ2v) is 9.93. The molecule has 1 saturated heterocycles. The van der Waals surface area contributed by atoms with E-state index in [4.69, 9.17) is 21.1 Å². The molecule has 4 rings (SSSR count). The molecule has 0 spiro atoms. The fraction of sp³-hybridized carbons (Fsp3) is 0.550. The second-order valence-electron chi connectivity index (χ2n) is 8.54. The number of halogens is 1. The van der Waals surface area contributed by atoms with Crippen molar-refractivity contribution in [3.63, 3.8) is 0 Å². The first-order valence-corrected chi connectivity index (χ1v) is 10.2. The van der Waals surface area contributed by atoms with Crippen LogP contribution in [0.15, 0.2) is 18.2 Å². The van der Waals surface area contributed by atoms with Crippen molar-refractivity contribution in [1.29, 1.82) is 0 Å². The van der Waals surface area contributed by atoms with Crippen molar-refractivity contribution in [1.82, 2.24) is 9.88 Å². The zero-order valence-corrected chi connectivity index (χ0v) is 17.5. The second kappa shape index (κ2) is 6.11. The van der Waals surface area contributed by atoms with E-state index < -0.39 is 0 Å². The number of hydrogen-bond donors (Lipinski definition) is 0. The summed E-state index contributed by atoms with van der Waals surface area (Å²) in [5, 5.41) is 1.42. The van der Waals surface area contributed by atoms with E-state index in [1.165, 1.54) is 0 Å². The smallest absolute Gasteiger partial charge is 0.277 e. The van der Waals surface area contributed by atoms with E-state index >= 15 is 0 Å². The van der Waals surface area contributed by atoms with Gasteiger partial charge in [0.05, 0.1) is 0 Å². The molecule has 3 heterocycles. The summed E-state index contributed by atoms with van der Waals surface area (Å²) < 4.78 is 12.2. The van der Waals surface area contributed by atoms with Gasteiger partial charge in [0, 0.05) is 34.5 Å². The molecule has 0 amide bonds. The van der Waals surface area contributed by atoms with Crippen molar-refractivity contribution in [2.24, 2.45) is 0 Å². The fourth-order valence-electron chi connectivity index (χ4n) is 4.16. The average Bonchev–Trinajstić information content (AvgIpc) is 2.94. The van der Waals surface area contributed by atoms with Gasteiger partial charge in [0.1, 0.15) is 17.6 Å². The molecule has 6 heteroatoms. The lowest BCUT2D eigenvalue weighted by Gasteiger charge is -2.53. The number of piperidine rings is 1. The monoisotopic (exact) mass is 392 g/mol. The van der Waals surface area contributed by atoms with Crippen molar-refractivity contribution < 1.29 is 9.47 Å². The molecule has 26 heavy (non-hydrogen) atoms. The Balaban J connectivity index is 1.59. The van der Waals surface area contributed by atoms with E-state index in [0.29, 0.717) is 17.7 Å². The third kappa shape index (κ3) is 3.10. The van der Waals surface area contributed by atoms with Gasteiger partial charge in [-0.25, -0.2) is 0 Å². The summed E-state index contributed by atoms with van der Waals surface area (Å²) in [7, 11) is 2.20. The van der Waals surface area contributed by atoms with E-state index in [9.17, 15) is 0 Å². The Morgan fingerprint density at radius 2 is 1.92 bits per heavy atom. The predicted molar refractivity (Wildman–Crippen MR) is 106 cm³/mol. The van der Waals surface area contributed by atoms with Gasteiger partial charge >= 0.3 is 0 Å². The highest BCUT2D eigenvalue weighted by molar-refractivity contribution is 7.17. The highest BCUT2D eigenvalue weighted by atomic mass is 35.5. The van der Waals surface area contributed by atoms with Crippen LogP contribution in [0.5, 0.6) is 11.1 Å². The number of ether oxygens (including phenoxy) is 2. The maximum Gasteiger partial charge on any atom is 0.277 e. The molecule has 0 unspecified atom stereocenters. The molecule has 1 fully saturated rings. The first-order valence-electron chi connectivity index (χ1n) is 8.99. The Morgan fingerprint density at radius 1 is 1.23 bits per heavy atom. The topological polar surface area (TPSA) is 34.6 Å². The van der Waals surface area contributed by atoms with Crippen molar-refractivity contribution in [3.8, 4) is 21.5 Å². The first-order chi connectivity index (χ1) is 12.2. The van der Waals surface area contributed by atoms with Gasteiger partial charge in [0.2, 0.25) is 5.88 Å². The van der Waals surface area contributed by atoms with Crippen molar-refractivity contribution >= 4 is 22.9 Å². The summed E-state index contributed by atoms with van der Waals surface area (Å²) >= 11 is 7.67. The summed E-state index contributed by atoms with van der Waals surface area (Å²) in [4.78, 5) is 8.09. The Kier molecular flexibility index (Phi) is 4.25. The number of thiazole rings is 1. The van der Waals surface area contributed by atoms with Crippen LogP contribution >= 0.6 is 22.9 Å². The molecule has 0 atom stereocenters. The van der Waals surface area contributed by atoms with Gasteiger partial charge in [0.25, 0.3) is 5.19 Å². The van der Waals surface area contributed by atoms with E-state index in [1.54, 1.807) is 11.3 Å². The first kappa shape index (κ1) is 18.1. The average molecular weight is 393 g/mol. The van der Waals surface area contributed by atoms with Gasteiger partial charge in [-0.1, -0.05) is 29.0 Å². The largest absolute Gasteiger partial charge is 0.472 e. The van der Waals surface area contributed by atoms with Crippen LogP contribution in [0.2, 0.25) is 5.02 Å². The maximum absolute atomic E-state index is 6.34. The zero-order valence-electron chi connectivity index (χ0n) is 15.9. The molecule has 1 aromatic carbocycles. The number of likely N-dealkylation sites (tertiary alicyclic amines) is 1. The van der Waals surface area contributed by atoms with E-state index in [1.807, 2.05) is 18.2 Å². The Hall–Kier alpha value is -1.30. The zero-order chi connectivity index (χ0) is 18.7. The minimum Gasteiger partial charge on any atom is -0.472 e. The summed E-state index contributed by atoms with van der Waals surface area (Å²) in [6.07, 6.45) is 2.10. The van der Waals surface area contributed by atoms with Crippen LogP contribution in [0.25, 0.3) is 10.4 Å². The summed E-state index contributed by atoms with van der Waals surface area (Å²) in [5.74, 6) is 0.672. The van der Waals surface area contributed by atoms with Gasteiger partial charge in [-0.05, 0) is 52.4 Å². The number of rotatable bonds is 2. The maximum atomic E-state index is 6.34. The van der Waals surface area contributed by atoms with Crippen molar-refractivity contribution in [3.05, 3.63) is 28.8 Å². The van der Waals surface area contributed by atoms with Crippen LogP contribution in [-0.4, -0.2) is 34.1 Å². The normalized spacial score (nSPS) is 21.6. The summed E-state index contributed by atoms with van der Waals surface area (Å²) in [6, 6.07) is 5.92. The Labute approximate surface area is 164 Å². The lowest BCUT2D eigenvalue weighted by molar-refractivity contribution is -0.0557. The molecule has 2 aliphatic heterocycles.